The number of nitrogens with zero attached hydrogens (tertiary/aromatic N) is 7. The zero-order valence-corrected chi connectivity index (χ0v) is 8.66. The molecule has 2 aromatic rings. The highest BCUT2D eigenvalue weighted by Gasteiger charge is 2.36. The highest BCUT2D eigenvalue weighted by atomic mass is 16.6. The van der Waals surface area contributed by atoms with Gasteiger partial charge in [0, 0.05) is 5.10 Å². The van der Waals surface area contributed by atoms with Crippen LogP contribution in [0, 0.1) is 30.3 Å². The fourth-order valence-corrected chi connectivity index (χ4v) is 1.21. The van der Waals surface area contributed by atoms with Gasteiger partial charge >= 0.3 is 17.5 Å². The molecule has 0 spiro atoms. The molecule has 0 fully saturated rings. The molecule has 98 valence electrons. The summed E-state index contributed by atoms with van der Waals surface area (Å²) in [5, 5.41) is 40.2. The van der Waals surface area contributed by atoms with Gasteiger partial charge in [-0.2, -0.15) is 0 Å². The second-order valence-corrected chi connectivity index (χ2v) is 3.00. The van der Waals surface area contributed by atoms with E-state index in [-0.39, 0.29) is 0 Å². The number of hydrogen-bond acceptors (Lipinski definition) is 9. The standard InChI is InChI=1S/C5H2N8O6/c14-11(15)2-3(7-8-4(2)12(16)17)10-1-6-5(9-10)13(18)19/h1H,(H,7,8). The van der Waals surface area contributed by atoms with Crippen LogP contribution in [0.1, 0.15) is 0 Å². The summed E-state index contributed by atoms with van der Waals surface area (Å²) >= 11 is 0. The average Bonchev–Trinajstić information content (AvgIpc) is 2.95. The van der Waals surface area contributed by atoms with E-state index in [1.54, 1.807) is 0 Å². The van der Waals surface area contributed by atoms with Gasteiger partial charge < -0.3 is 20.2 Å². The van der Waals surface area contributed by atoms with Crippen molar-refractivity contribution in [3.63, 3.8) is 0 Å². The number of nitro groups is 3. The highest BCUT2D eigenvalue weighted by molar-refractivity contribution is 5.58. The summed E-state index contributed by atoms with van der Waals surface area (Å²) < 4.78 is 0.597. The van der Waals surface area contributed by atoms with E-state index in [9.17, 15) is 30.3 Å². The predicted molar refractivity (Wildman–Crippen MR) is 53.5 cm³/mol. The summed E-state index contributed by atoms with van der Waals surface area (Å²) in [6.07, 6.45) is 0.783. The van der Waals surface area contributed by atoms with Crippen molar-refractivity contribution in [3.8, 4) is 5.82 Å². The zero-order valence-electron chi connectivity index (χ0n) is 8.66. The SMILES string of the molecule is O=[N+]([O-])c1ncn(-c2n[nH]c([N+](=O)[O-])c2[N+](=O)[O-])n1. The molecule has 0 aromatic carbocycles. The molecule has 0 bridgehead atoms. The van der Waals surface area contributed by atoms with Crippen molar-refractivity contribution >= 4 is 17.5 Å². The Morgan fingerprint density at radius 2 is 1.79 bits per heavy atom. The summed E-state index contributed by atoms with van der Waals surface area (Å²) in [5.41, 5.74) is -0.968. The molecule has 0 aliphatic rings. The lowest BCUT2D eigenvalue weighted by Crippen LogP contribution is -2.01. The van der Waals surface area contributed by atoms with Gasteiger partial charge in [0.2, 0.25) is 6.33 Å². The maximum atomic E-state index is 10.8. The van der Waals surface area contributed by atoms with Crippen molar-refractivity contribution < 1.29 is 14.8 Å². The number of aromatic nitrogens is 5. The maximum absolute atomic E-state index is 10.8. The van der Waals surface area contributed by atoms with Gasteiger partial charge in [-0.25, -0.2) is 0 Å². The van der Waals surface area contributed by atoms with Crippen molar-refractivity contribution in [2.45, 2.75) is 0 Å². The fourth-order valence-electron chi connectivity index (χ4n) is 1.21. The zero-order chi connectivity index (χ0) is 14.2. The number of rotatable bonds is 4. The van der Waals surface area contributed by atoms with Gasteiger partial charge in [-0.15, -0.1) is 9.78 Å². The minimum absolute atomic E-state index is 0.572. The van der Waals surface area contributed by atoms with Gasteiger partial charge in [0.25, 0.3) is 5.82 Å². The summed E-state index contributed by atoms with van der Waals surface area (Å²) in [5.74, 6) is -2.35. The molecular formula is C5H2N8O6. The number of nitrogens with one attached hydrogen (secondary N) is 1. The number of H-pyrrole nitrogens is 1. The molecule has 0 radical (unpaired) electrons. The van der Waals surface area contributed by atoms with Crippen LogP contribution in [-0.2, 0) is 0 Å². The van der Waals surface area contributed by atoms with Crippen LogP contribution in [0.4, 0.5) is 17.5 Å². The van der Waals surface area contributed by atoms with Crippen molar-refractivity contribution in [1.29, 1.82) is 0 Å². The first-order valence-electron chi connectivity index (χ1n) is 4.35. The van der Waals surface area contributed by atoms with Gasteiger partial charge in [-0.1, -0.05) is 10.1 Å². The molecule has 19 heavy (non-hydrogen) atoms. The van der Waals surface area contributed by atoms with Gasteiger partial charge in [0.1, 0.15) is 0 Å². The Morgan fingerprint density at radius 3 is 2.26 bits per heavy atom. The lowest BCUT2D eigenvalue weighted by molar-refractivity contribution is -0.424. The first-order valence-corrected chi connectivity index (χ1v) is 4.35. The molecule has 0 amide bonds. The minimum Gasteiger partial charge on any atom is -0.390 e. The molecule has 14 nitrogen and oxygen atoms in total. The Labute approximate surface area is 101 Å². The molecule has 14 heteroatoms. The largest absolute Gasteiger partial charge is 0.491 e. The van der Waals surface area contributed by atoms with E-state index in [4.69, 9.17) is 0 Å². The molecule has 0 saturated carbocycles. The summed E-state index contributed by atoms with van der Waals surface area (Å²) in [6.45, 7) is 0. The number of hydrogen-bond donors (Lipinski definition) is 1. The van der Waals surface area contributed by atoms with Gasteiger partial charge in [0.15, 0.2) is 0 Å². The van der Waals surface area contributed by atoms with E-state index in [2.05, 4.69) is 15.2 Å². The Hall–Kier alpha value is -3.45. The molecule has 0 aliphatic heterocycles. The molecule has 0 saturated heterocycles. The maximum Gasteiger partial charge on any atom is 0.491 e. The van der Waals surface area contributed by atoms with Crippen molar-refractivity contribution in [2.24, 2.45) is 0 Å². The quantitative estimate of drug-likeness (QED) is 0.574. The molecular weight excluding hydrogens is 268 g/mol. The molecule has 2 rings (SSSR count). The van der Waals surface area contributed by atoms with Gasteiger partial charge in [-0.3, -0.25) is 10.1 Å². The lowest BCUT2D eigenvalue weighted by Gasteiger charge is -1.90. The van der Waals surface area contributed by atoms with Crippen LogP contribution >= 0.6 is 0 Å². The van der Waals surface area contributed by atoms with Crippen LogP contribution in [0.5, 0.6) is 0 Å². The Balaban J connectivity index is 2.58. The minimum atomic E-state index is -1.05. The second-order valence-electron chi connectivity index (χ2n) is 3.00. The van der Waals surface area contributed by atoms with E-state index < -0.39 is 38.0 Å². The van der Waals surface area contributed by atoms with Crippen LogP contribution in [0.3, 0.4) is 0 Å². The van der Waals surface area contributed by atoms with E-state index in [1.165, 1.54) is 0 Å². The second kappa shape index (κ2) is 4.09. The van der Waals surface area contributed by atoms with E-state index in [1.807, 2.05) is 5.10 Å². The van der Waals surface area contributed by atoms with E-state index in [0.717, 1.165) is 6.33 Å². The van der Waals surface area contributed by atoms with E-state index >= 15 is 0 Å². The third-order valence-corrected chi connectivity index (χ3v) is 1.93. The van der Waals surface area contributed by atoms with Crippen molar-refractivity contribution in [1.82, 2.24) is 25.0 Å². The van der Waals surface area contributed by atoms with E-state index in [0.29, 0.717) is 4.68 Å². The molecule has 2 heterocycles. The third kappa shape index (κ3) is 1.92. The van der Waals surface area contributed by atoms with Crippen LogP contribution in [0.25, 0.3) is 5.82 Å². The topological polar surface area (TPSA) is 189 Å². The lowest BCUT2D eigenvalue weighted by atomic mass is 10.5. The first-order chi connectivity index (χ1) is 8.91. The Kier molecular flexibility index (Phi) is 2.59. The molecule has 2 aromatic heterocycles. The van der Waals surface area contributed by atoms with Gasteiger partial charge in [-0.05, 0) is 9.85 Å². The molecule has 0 unspecified atom stereocenters. The highest BCUT2D eigenvalue weighted by Crippen LogP contribution is 2.29. The molecule has 1 N–H and O–H groups in total. The smallest absolute Gasteiger partial charge is 0.390 e. The first kappa shape index (κ1) is 12.0. The summed E-state index contributed by atoms with van der Waals surface area (Å²) in [7, 11) is 0. The van der Waals surface area contributed by atoms with Crippen molar-refractivity contribution in [2.75, 3.05) is 0 Å². The van der Waals surface area contributed by atoms with Crippen LogP contribution < -0.4 is 0 Å². The summed E-state index contributed by atoms with van der Waals surface area (Å²) in [6, 6.07) is 0. The normalized spacial score (nSPS) is 10.3. The van der Waals surface area contributed by atoms with Gasteiger partial charge in [0.05, 0.1) is 4.92 Å². The van der Waals surface area contributed by atoms with Crippen molar-refractivity contribution in [3.05, 3.63) is 36.7 Å². The monoisotopic (exact) mass is 270 g/mol. The fraction of sp³-hybridized carbons (Fsp3) is 0. The van der Waals surface area contributed by atoms with Crippen LogP contribution in [-0.4, -0.2) is 39.7 Å². The summed E-state index contributed by atoms with van der Waals surface area (Å²) in [4.78, 5) is 31.9. The Morgan fingerprint density at radius 1 is 1.11 bits per heavy atom. The Bertz CT molecular complexity index is 686. The third-order valence-electron chi connectivity index (χ3n) is 1.93. The molecule has 0 aliphatic carbocycles. The van der Waals surface area contributed by atoms with Crippen LogP contribution in [0.15, 0.2) is 6.33 Å². The molecule has 0 atom stereocenters. The van der Waals surface area contributed by atoms with Crippen LogP contribution in [0.2, 0.25) is 0 Å². The number of aromatic amines is 1. The average molecular weight is 270 g/mol. The predicted octanol–water partition coefficient (Wildman–Crippen LogP) is -0.285.